The lowest BCUT2D eigenvalue weighted by atomic mass is 10.1. The van der Waals surface area contributed by atoms with Crippen LogP contribution in [-0.2, 0) is 16.6 Å². The molecule has 3 aromatic rings. The second kappa shape index (κ2) is 7.87. The van der Waals surface area contributed by atoms with E-state index in [1.807, 2.05) is 0 Å². The van der Waals surface area contributed by atoms with Gasteiger partial charge in [0.2, 0.25) is 0 Å². The summed E-state index contributed by atoms with van der Waals surface area (Å²) in [6.45, 7) is 3.65. The molecule has 0 fully saturated rings. The number of rotatable bonds is 5. The zero-order chi connectivity index (χ0) is 20.3. The minimum Gasteiger partial charge on any atom is -0.463 e. The second-order valence-corrected chi connectivity index (χ2v) is 5.90. The van der Waals surface area contributed by atoms with Crippen molar-refractivity contribution in [3.05, 3.63) is 57.7 Å². The molecule has 144 valence electrons. The molecule has 0 atom stereocenters. The number of hydrogen-bond acceptors (Lipinski definition) is 7. The van der Waals surface area contributed by atoms with Gasteiger partial charge in [-0.25, -0.2) is 9.48 Å². The summed E-state index contributed by atoms with van der Waals surface area (Å²) in [4.78, 5) is 36.1. The highest BCUT2D eigenvalue weighted by Gasteiger charge is 2.21. The van der Waals surface area contributed by atoms with Gasteiger partial charge in [-0.3, -0.25) is 9.59 Å². The molecule has 1 amide bonds. The van der Waals surface area contributed by atoms with Gasteiger partial charge in [0.15, 0.2) is 11.2 Å². The molecule has 3 rings (SSSR count). The second-order valence-electron chi connectivity index (χ2n) is 5.90. The number of nitrogens with one attached hydrogen (secondary N) is 1. The Morgan fingerprint density at radius 3 is 2.68 bits per heavy atom. The lowest BCUT2D eigenvalue weighted by Gasteiger charge is -2.07. The molecule has 2 aromatic heterocycles. The van der Waals surface area contributed by atoms with Crippen molar-refractivity contribution in [1.82, 2.24) is 14.9 Å². The lowest BCUT2D eigenvalue weighted by Crippen LogP contribution is -2.25. The number of hydrogen-bond donors (Lipinski definition) is 1. The summed E-state index contributed by atoms with van der Waals surface area (Å²) in [7, 11) is 1.44. The largest absolute Gasteiger partial charge is 0.463 e. The Balaban J connectivity index is 1.81. The Hall–Kier alpha value is -3.75. The highest BCUT2D eigenvalue weighted by atomic mass is 16.5. The Kier molecular flexibility index (Phi) is 5.35. The number of carbonyl (C=O) groups is 2. The molecule has 0 aliphatic carbocycles. The van der Waals surface area contributed by atoms with Crippen molar-refractivity contribution < 1.29 is 18.8 Å². The smallest absolute Gasteiger partial charge is 0.330 e. The number of benzene rings is 1. The molecule has 0 spiro atoms. The zero-order valence-corrected chi connectivity index (χ0v) is 15.6. The number of aromatic nitrogens is 3. The Morgan fingerprint density at radius 2 is 2.00 bits per heavy atom. The molecule has 9 heteroatoms. The van der Waals surface area contributed by atoms with Crippen LogP contribution in [0.5, 0.6) is 0 Å². The molecule has 9 nitrogen and oxygen atoms in total. The van der Waals surface area contributed by atoms with Crippen LogP contribution in [0.4, 0.5) is 5.69 Å². The number of nitrogens with zero attached hydrogens (tertiary/aromatic N) is 3. The van der Waals surface area contributed by atoms with Crippen LogP contribution < -0.4 is 10.9 Å². The van der Waals surface area contributed by atoms with Crippen molar-refractivity contribution in [1.29, 1.82) is 0 Å². The van der Waals surface area contributed by atoms with Crippen LogP contribution in [0.15, 0.2) is 39.7 Å². The minimum absolute atomic E-state index is 0.0436. The third-order valence-corrected chi connectivity index (χ3v) is 3.93. The molecular weight excluding hydrogens is 364 g/mol. The maximum Gasteiger partial charge on any atom is 0.330 e. The van der Waals surface area contributed by atoms with Gasteiger partial charge in [-0.2, -0.15) is 5.10 Å². The van der Waals surface area contributed by atoms with Gasteiger partial charge in [0, 0.05) is 18.8 Å². The number of esters is 1. The fourth-order valence-corrected chi connectivity index (χ4v) is 2.58. The first kappa shape index (κ1) is 19.0. The van der Waals surface area contributed by atoms with Crippen LogP contribution in [0.3, 0.4) is 0 Å². The van der Waals surface area contributed by atoms with E-state index in [9.17, 15) is 14.4 Å². The highest BCUT2D eigenvalue weighted by Crippen LogP contribution is 2.19. The fraction of sp³-hybridized carbons (Fsp3) is 0.211. The average molecular weight is 382 g/mol. The SMILES string of the molecule is CCOC(=O)/C=C/c1ccc(NC(=O)c2nn(C)c(=O)c3noc(C)c23)cc1. The van der Waals surface area contributed by atoms with E-state index >= 15 is 0 Å². The molecule has 0 aliphatic heterocycles. The maximum atomic E-state index is 12.7. The topological polar surface area (TPSA) is 116 Å². The van der Waals surface area contributed by atoms with Gasteiger partial charge in [-0.05, 0) is 37.6 Å². The Bertz CT molecular complexity index is 1130. The van der Waals surface area contributed by atoms with Gasteiger partial charge in [0.1, 0.15) is 5.76 Å². The van der Waals surface area contributed by atoms with E-state index in [2.05, 4.69) is 15.6 Å². The molecule has 2 heterocycles. The number of anilines is 1. The predicted octanol–water partition coefficient (Wildman–Crippen LogP) is 2.06. The van der Waals surface area contributed by atoms with E-state index in [1.54, 1.807) is 44.2 Å². The first-order chi connectivity index (χ1) is 13.4. The van der Waals surface area contributed by atoms with E-state index in [4.69, 9.17) is 9.26 Å². The van der Waals surface area contributed by atoms with E-state index < -0.39 is 17.4 Å². The molecule has 0 radical (unpaired) electrons. The molecule has 0 unspecified atom stereocenters. The van der Waals surface area contributed by atoms with E-state index in [-0.39, 0.29) is 16.6 Å². The Labute approximate surface area is 159 Å². The maximum absolute atomic E-state index is 12.7. The summed E-state index contributed by atoms with van der Waals surface area (Å²) in [6.07, 6.45) is 2.94. The number of aryl methyl sites for hydroxylation is 2. The monoisotopic (exact) mass is 382 g/mol. The number of fused-ring (bicyclic) bond motifs is 1. The molecule has 1 aromatic carbocycles. The normalized spacial score (nSPS) is 11.1. The number of carbonyl (C=O) groups excluding carboxylic acids is 2. The van der Waals surface area contributed by atoms with E-state index in [0.29, 0.717) is 18.1 Å². The van der Waals surface area contributed by atoms with Crippen molar-refractivity contribution in [3.8, 4) is 0 Å². The van der Waals surface area contributed by atoms with Gasteiger partial charge in [0.25, 0.3) is 11.5 Å². The molecule has 0 saturated carbocycles. The molecule has 0 aliphatic rings. The third-order valence-electron chi connectivity index (χ3n) is 3.93. The van der Waals surface area contributed by atoms with Gasteiger partial charge in [-0.15, -0.1) is 0 Å². The Morgan fingerprint density at radius 1 is 1.29 bits per heavy atom. The van der Waals surface area contributed by atoms with Crippen LogP contribution in [-0.4, -0.2) is 33.4 Å². The first-order valence-electron chi connectivity index (χ1n) is 8.50. The molecule has 0 saturated heterocycles. The van der Waals surface area contributed by atoms with Crippen LogP contribution in [0.2, 0.25) is 0 Å². The van der Waals surface area contributed by atoms with E-state index in [0.717, 1.165) is 10.2 Å². The van der Waals surface area contributed by atoms with Crippen molar-refractivity contribution in [2.75, 3.05) is 11.9 Å². The number of ether oxygens (including phenoxy) is 1. The van der Waals surface area contributed by atoms with Crippen molar-refractivity contribution in [2.45, 2.75) is 13.8 Å². The molecule has 28 heavy (non-hydrogen) atoms. The van der Waals surface area contributed by atoms with Crippen LogP contribution in [0, 0.1) is 6.92 Å². The fourth-order valence-electron chi connectivity index (χ4n) is 2.58. The summed E-state index contributed by atoms with van der Waals surface area (Å²) >= 11 is 0. The standard InChI is InChI=1S/C19H18N4O5/c1-4-27-14(24)10-7-12-5-8-13(9-6-12)20-18(25)16-15-11(2)28-22-17(15)19(26)23(3)21-16/h5-10H,4H2,1-3H3,(H,20,25)/b10-7+. The summed E-state index contributed by atoms with van der Waals surface area (Å²) in [5, 5.41) is 10.8. The van der Waals surface area contributed by atoms with Gasteiger partial charge in [-0.1, -0.05) is 17.3 Å². The summed E-state index contributed by atoms with van der Waals surface area (Å²) in [5.74, 6) is -0.583. The van der Waals surface area contributed by atoms with Crippen molar-refractivity contribution in [3.63, 3.8) is 0 Å². The van der Waals surface area contributed by atoms with Gasteiger partial charge < -0.3 is 14.6 Å². The zero-order valence-electron chi connectivity index (χ0n) is 15.6. The van der Waals surface area contributed by atoms with Crippen molar-refractivity contribution in [2.24, 2.45) is 7.05 Å². The molecule has 0 bridgehead atoms. The third kappa shape index (κ3) is 3.83. The minimum atomic E-state index is -0.498. The summed E-state index contributed by atoms with van der Waals surface area (Å²) < 4.78 is 10.9. The summed E-state index contributed by atoms with van der Waals surface area (Å²) in [6, 6.07) is 6.84. The average Bonchev–Trinajstić information content (AvgIpc) is 3.06. The first-order valence-corrected chi connectivity index (χ1v) is 8.50. The molecule has 1 N–H and O–H groups in total. The van der Waals surface area contributed by atoms with Gasteiger partial charge >= 0.3 is 5.97 Å². The highest BCUT2D eigenvalue weighted by molar-refractivity contribution is 6.11. The van der Waals surface area contributed by atoms with Crippen LogP contribution >= 0.6 is 0 Å². The van der Waals surface area contributed by atoms with Crippen molar-refractivity contribution >= 4 is 34.5 Å². The van der Waals surface area contributed by atoms with Crippen LogP contribution in [0.1, 0.15) is 28.7 Å². The quantitative estimate of drug-likeness (QED) is 0.530. The van der Waals surface area contributed by atoms with E-state index in [1.165, 1.54) is 13.1 Å². The predicted molar refractivity (Wildman–Crippen MR) is 102 cm³/mol. The molecular formula is C19H18N4O5. The summed E-state index contributed by atoms with van der Waals surface area (Å²) in [5.41, 5.74) is 0.947. The van der Waals surface area contributed by atoms with Gasteiger partial charge in [0.05, 0.1) is 12.0 Å². The lowest BCUT2D eigenvalue weighted by molar-refractivity contribution is -0.137. The number of amides is 1. The van der Waals surface area contributed by atoms with Crippen LogP contribution in [0.25, 0.3) is 17.0 Å².